The summed E-state index contributed by atoms with van der Waals surface area (Å²) in [4.78, 5) is 0. The molecule has 0 aromatic heterocycles. The van der Waals surface area contributed by atoms with Gasteiger partial charge in [0.05, 0.1) is 10.0 Å². The SMILES string of the molecule is Cl.N[C@H](c1cc(Cl)c(O)c(Cl)c1)C1CCC1. The Bertz CT molecular complexity index is 356. The summed E-state index contributed by atoms with van der Waals surface area (Å²) in [5.41, 5.74) is 7.00. The highest BCUT2D eigenvalue weighted by molar-refractivity contribution is 6.37. The van der Waals surface area contributed by atoms with E-state index in [1.165, 1.54) is 6.42 Å². The molecular weight excluding hydrogens is 268 g/mol. The standard InChI is InChI=1S/C11H13Cl2NO.ClH/c12-8-4-7(5-9(13)11(8)15)10(14)6-2-1-3-6;/h4-6,10,15H,1-3,14H2;1H/t10-;/m0./s1. The van der Waals surface area contributed by atoms with Crippen LogP contribution in [0.4, 0.5) is 0 Å². The fraction of sp³-hybridized carbons (Fsp3) is 0.455. The minimum atomic E-state index is -0.0668. The monoisotopic (exact) mass is 281 g/mol. The van der Waals surface area contributed by atoms with Crippen molar-refractivity contribution in [2.24, 2.45) is 11.7 Å². The van der Waals surface area contributed by atoms with Crippen LogP contribution < -0.4 is 5.73 Å². The quantitative estimate of drug-likeness (QED) is 0.863. The number of benzene rings is 1. The number of rotatable bonds is 2. The predicted octanol–water partition coefficient (Wildman–Crippen LogP) is 3.92. The Hall–Kier alpha value is -0.150. The molecule has 0 amide bonds. The lowest BCUT2D eigenvalue weighted by Crippen LogP contribution is -2.26. The maximum Gasteiger partial charge on any atom is 0.152 e. The van der Waals surface area contributed by atoms with Crippen LogP contribution in [0.15, 0.2) is 12.1 Å². The number of hydrogen-bond donors (Lipinski definition) is 2. The summed E-state index contributed by atoms with van der Waals surface area (Å²) in [6, 6.07) is 3.38. The van der Waals surface area contributed by atoms with Crippen molar-refractivity contribution in [1.82, 2.24) is 0 Å². The van der Waals surface area contributed by atoms with Crippen LogP contribution in [-0.4, -0.2) is 5.11 Å². The Morgan fingerprint density at radius 3 is 2.12 bits per heavy atom. The van der Waals surface area contributed by atoms with E-state index < -0.39 is 0 Å². The first-order valence-corrected chi connectivity index (χ1v) is 5.78. The van der Waals surface area contributed by atoms with E-state index in [1.807, 2.05) is 0 Å². The molecule has 1 saturated carbocycles. The molecule has 1 aliphatic rings. The van der Waals surface area contributed by atoms with E-state index >= 15 is 0 Å². The van der Waals surface area contributed by atoms with Crippen LogP contribution in [0.3, 0.4) is 0 Å². The maximum absolute atomic E-state index is 9.42. The highest BCUT2D eigenvalue weighted by Gasteiger charge is 2.26. The van der Waals surface area contributed by atoms with Crippen LogP contribution in [-0.2, 0) is 0 Å². The van der Waals surface area contributed by atoms with Gasteiger partial charge in [-0.2, -0.15) is 0 Å². The van der Waals surface area contributed by atoms with Crippen LogP contribution in [0.2, 0.25) is 10.0 Å². The van der Waals surface area contributed by atoms with Crippen molar-refractivity contribution in [2.45, 2.75) is 25.3 Å². The molecule has 5 heteroatoms. The van der Waals surface area contributed by atoms with Gasteiger partial charge in [-0.15, -0.1) is 12.4 Å². The molecule has 2 nitrogen and oxygen atoms in total. The van der Waals surface area contributed by atoms with Crippen molar-refractivity contribution in [1.29, 1.82) is 0 Å². The average Bonchev–Trinajstić information content (AvgIpc) is 2.10. The third-order valence-electron chi connectivity index (χ3n) is 3.08. The molecule has 0 spiro atoms. The van der Waals surface area contributed by atoms with Crippen molar-refractivity contribution in [2.75, 3.05) is 0 Å². The summed E-state index contributed by atoms with van der Waals surface area (Å²) in [5.74, 6) is 0.463. The number of aromatic hydroxyl groups is 1. The Kier molecular flexibility index (Phi) is 4.74. The van der Waals surface area contributed by atoms with Crippen LogP contribution >= 0.6 is 35.6 Å². The number of phenols is 1. The van der Waals surface area contributed by atoms with Gasteiger partial charge in [-0.25, -0.2) is 0 Å². The van der Waals surface area contributed by atoms with E-state index in [4.69, 9.17) is 28.9 Å². The summed E-state index contributed by atoms with van der Waals surface area (Å²) in [6.45, 7) is 0. The number of phenolic OH excluding ortho intramolecular Hbond substituents is 1. The van der Waals surface area contributed by atoms with E-state index in [0.29, 0.717) is 5.92 Å². The maximum atomic E-state index is 9.42. The summed E-state index contributed by atoms with van der Waals surface area (Å²) in [6.07, 6.45) is 3.58. The van der Waals surface area contributed by atoms with Gasteiger partial charge in [-0.05, 0) is 36.5 Å². The molecule has 0 saturated heterocycles. The fourth-order valence-electron chi connectivity index (χ4n) is 1.85. The highest BCUT2D eigenvalue weighted by Crippen LogP contribution is 2.40. The summed E-state index contributed by atoms with van der Waals surface area (Å²) in [5, 5.41) is 9.96. The normalized spacial score (nSPS) is 17.4. The van der Waals surface area contributed by atoms with Crippen molar-refractivity contribution < 1.29 is 5.11 Å². The molecule has 90 valence electrons. The van der Waals surface area contributed by atoms with Gasteiger partial charge >= 0.3 is 0 Å². The van der Waals surface area contributed by atoms with Gasteiger partial charge in [-0.1, -0.05) is 29.6 Å². The zero-order valence-electron chi connectivity index (χ0n) is 8.62. The van der Waals surface area contributed by atoms with Gasteiger partial charge in [0.2, 0.25) is 0 Å². The topological polar surface area (TPSA) is 46.2 Å². The summed E-state index contributed by atoms with van der Waals surface area (Å²) in [7, 11) is 0. The molecule has 0 aliphatic heterocycles. The third kappa shape index (κ3) is 2.57. The Morgan fingerprint density at radius 1 is 1.25 bits per heavy atom. The smallest absolute Gasteiger partial charge is 0.152 e. The minimum Gasteiger partial charge on any atom is -0.505 e. The van der Waals surface area contributed by atoms with E-state index in [2.05, 4.69) is 0 Å². The Morgan fingerprint density at radius 2 is 1.75 bits per heavy atom. The molecule has 1 fully saturated rings. The van der Waals surface area contributed by atoms with Crippen molar-refractivity contribution in [3.63, 3.8) is 0 Å². The molecule has 0 unspecified atom stereocenters. The zero-order valence-corrected chi connectivity index (χ0v) is 10.9. The van der Waals surface area contributed by atoms with Gasteiger partial charge < -0.3 is 10.8 Å². The fourth-order valence-corrected chi connectivity index (χ4v) is 2.35. The Labute approximate surface area is 111 Å². The molecule has 1 aromatic rings. The van der Waals surface area contributed by atoms with Gasteiger partial charge in [0, 0.05) is 6.04 Å². The van der Waals surface area contributed by atoms with E-state index in [1.54, 1.807) is 12.1 Å². The van der Waals surface area contributed by atoms with Crippen molar-refractivity contribution in [3.8, 4) is 5.75 Å². The molecule has 3 N–H and O–H groups in total. The molecule has 2 rings (SSSR count). The summed E-state index contributed by atoms with van der Waals surface area (Å²) < 4.78 is 0. The van der Waals surface area contributed by atoms with Crippen LogP contribution in [0, 0.1) is 5.92 Å². The van der Waals surface area contributed by atoms with Crippen LogP contribution in [0.5, 0.6) is 5.75 Å². The van der Waals surface area contributed by atoms with Gasteiger partial charge in [0.25, 0.3) is 0 Å². The molecule has 0 radical (unpaired) electrons. The molecule has 0 heterocycles. The van der Waals surface area contributed by atoms with Crippen molar-refractivity contribution >= 4 is 35.6 Å². The first-order valence-electron chi connectivity index (χ1n) is 5.03. The van der Waals surface area contributed by atoms with E-state index in [0.717, 1.165) is 18.4 Å². The first-order chi connectivity index (χ1) is 7.09. The average molecular weight is 283 g/mol. The minimum absolute atomic E-state index is 0. The molecule has 1 aromatic carbocycles. The van der Waals surface area contributed by atoms with E-state index in [-0.39, 0.29) is 34.2 Å². The largest absolute Gasteiger partial charge is 0.505 e. The lowest BCUT2D eigenvalue weighted by molar-refractivity contribution is 0.264. The Balaban J connectivity index is 0.00000128. The molecule has 1 aliphatic carbocycles. The molecule has 0 bridgehead atoms. The van der Waals surface area contributed by atoms with Crippen LogP contribution in [0.1, 0.15) is 30.9 Å². The molecule has 1 atom stereocenters. The molecule has 16 heavy (non-hydrogen) atoms. The second-order valence-electron chi connectivity index (χ2n) is 4.05. The zero-order chi connectivity index (χ0) is 11.0. The first kappa shape index (κ1) is 13.9. The van der Waals surface area contributed by atoms with Crippen LogP contribution in [0.25, 0.3) is 0 Å². The predicted molar refractivity (Wildman–Crippen MR) is 69.6 cm³/mol. The lowest BCUT2D eigenvalue weighted by Gasteiger charge is -2.31. The third-order valence-corrected chi connectivity index (χ3v) is 3.66. The van der Waals surface area contributed by atoms with Gasteiger partial charge in [0.15, 0.2) is 5.75 Å². The highest BCUT2D eigenvalue weighted by atomic mass is 35.5. The second kappa shape index (κ2) is 5.46. The number of nitrogens with two attached hydrogens (primary N) is 1. The number of hydrogen-bond acceptors (Lipinski definition) is 2. The van der Waals surface area contributed by atoms with E-state index in [9.17, 15) is 5.11 Å². The second-order valence-corrected chi connectivity index (χ2v) is 4.86. The van der Waals surface area contributed by atoms with Crippen molar-refractivity contribution in [3.05, 3.63) is 27.7 Å². The number of halogens is 3. The summed E-state index contributed by atoms with van der Waals surface area (Å²) >= 11 is 11.7. The van der Waals surface area contributed by atoms with Gasteiger partial charge in [-0.3, -0.25) is 0 Å². The molecular formula is C11H14Cl3NO. The van der Waals surface area contributed by atoms with Gasteiger partial charge in [0.1, 0.15) is 0 Å². The lowest BCUT2D eigenvalue weighted by atomic mass is 9.77.